The Hall–Kier alpha value is -3.97. The third-order valence-electron chi connectivity index (χ3n) is 5.72. The van der Waals surface area contributed by atoms with Gasteiger partial charge in [-0.2, -0.15) is 0 Å². The van der Waals surface area contributed by atoms with Crippen LogP contribution in [0.2, 0.25) is 0 Å². The number of rotatable bonds is 15. The average molecular weight is 519 g/mol. The molecule has 0 aliphatic carbocycles. The summed E-state index contributed by atoms with van der Waals surface area (Å²) in [6.07, 6.45) is 2.00. The highest BCUT2D eigenvalue weighted by Crippen LogP contribution is 2.19. The monoisotopic (exact) mass is 518 g/mol. The van der Waals surface area contributed by atoms with Crippen molar-refractivity contribution in [1.29, 1.82) is 0 Å². The maximum atomic E-state index is 13.0. The van der Waals surface area contributed by atoms with Crippen molar-refractivity contribution in [2.24, 2.45) is 11.5 Å². The molecule has 0 aliphatic heterocycles. The van der Waals surface area contributed by atoms with Crippen LogP contribution in [0, 0.1) is 0 Å². The Morgan fingerprint density at radius 2 is 1.54 bits per heavy atom. The fourth-order valence-electron chi connectivity index (χ4n) is 3.71. The van der Waals surface area contributed by atoms with Crippen LogP contribution in [0.1, 0.15) is 38.2 Å². The van der Waals surface area contributed by atoms with Crippen LogP contribution in [0.5, 0.6) is 0 Å². The van der Waals surface area contributed by atoms with E-state index in [9.17, 15) is 34.2 Å². The van der Waals surface area contributed by atoms with E-state index in [0.717, 1.165) is 10.9 Å². The number of aromatic nitrogens is 1. The van der Waals surface area contributed by atoms with E-state index in [1.54, 1.807) is 18.3 Å². The summed E-state index contributed by atoms with van der Waals surface area (Å²) in [5, 5.41) is 26.9. The Balaban J connectivity index is 2.17. The molecule has 2 rings (SSSR count). The van der Waals surface area contributed by atoms with E-state index in [2.05, 4.69) is 20.9 Å². The van der Waals surface area contributed by atoms with Crippen molar-refractivity contribution in [2.75, 3.05) is 6.54 Å². The van der Waals surface area contributed by atoms with Crippen molar-refractivity contribution in [3.05, 3.63) is 36.0 Å². The third kappa shape index (κ3) is 8.88. The van der Waals surface area contributed by atoms with Gasteiger partial charge < -0.3 is 42.6 Å². The molecule has 1 heterocycles. The molecule has 37 heavy (non-hydrogen) atoms. The SMILES string of the molecule is CC(N)C(=O)NC(CCCCN)C(=O)NC(CC(=O)O)C(=O)NC(Cc1c[nH]c2ccccc12)C(=O)O. The third-order valence-corrected chi connectivity index (χ3v) is 5.72. The van der Waals surface area contributed by atoms with Crippen LogP contribution in [0.3, 0.4) is 0 Å². The van der Waals surface area contributed by atoms with Crippen LogP contribution in [-0.2, 0) is 30.4 Å². The minimum absolute atomic E-state index is 0.0784. The lowest BCUT2D eigenvalue weighted by atomic mass is 10.0. The zero-order valence-electron chi connectivity index (χ0n) is 20.5. The second kappa shape index (κ2) is 13.9. The van der Waals surface area contributed by atoms with Gasteiger partial charge in [-0.15, -0.1) is 0 Å². The first-order chi connectivity index (χ1) is 17.5. The van der Waals surface area contributed by atoms with E-state index in [1.165, 1.54) is 6.92 Å². The Kier molecular flexibility index (Phi) is 11.0. The predicted octanol–water partition coefficient (Wildman–Crippen LogP) is -0.800. The largest absolute Gasteiger partial charge is 0.481 e. The van der Waals surface area contributed by atoms with E-state index in [0.29, 0.717) is 24.9 Å². The van der Waals surface area contributed by atoms with Gasteiger partial charge in [0.15, 0.2) is 0 Å². The molecule has 2 aromatic rings. The van der Waals surface area contributed by atoms with Gasteiger partial charge in [0, 0.05) is 23.5 Å². The molecule has 1 aromatic heterocycles. The number of carboxylic acids is 2. The molecule has 0 bridgehead atoms. The summed E-state index contributed by atoms with van der Waals surface area (Å²) in [4.78, 5) is 64.3. The van der Waals surface area contributed by atoms with Crippen LogP contribution in [-0.4, -0.2) is 75.6 Å². The summed E-state index contributed by atoms with van der Waals surface area (Å²) >= 11 is 0. The summed E-state index contributed by atoms with van der Waals surface area (Å²) in [5.41, 5.74) is 12.5. The van der Waals surface area contributed by atoms with E-state index >= 15 is 0 Å². The molecule has 0 radical (unpaired) electrons. The minimum Gasteiger partial charge on any atom is -0.481 e. The van der Waals surface area contributed by atoms with Gasteiger partial charge in [-0.25, -0.2) is 4.79 Å². The first-order valence-corrected chi connectivity index (χ1v) is 11.9. The number of para-hydroxylation sites is 1. The van der Waals surface area contributed by atoms with E-state index in [-0.39, 0.29) is 12.8 Å². The first kappa shape index (κ1) is 29.3. The highest BCUT2D eigenvalue weighted by atomic mass is 16.4. The lowest BCUT2D eigenvalue weighted by Crippen LogP contribution is -2.57. The minimum atomic E-state index is -1.58. The molecule has 4 atom stereocenters. The van der Waals surface area contributed by atoms with Gasteiger partial charge in [-0.05, 0) is 44.4 Å². The zero-order chi connectivity index (χ0) is 27.5. The van der Waals surface area contributed by atoms with E-state index in [1.807, 2.05) is 12.1 Å². The normalized spacial score (nSPS) is 14.2. The molecule has 0 aliphatic rings. The Labute approximate surface area is 213 Å². The number of benzene rings is 1. The predicted molar refractivity (Wildman–Crippen MR) is 134 cm³/mol. The number of aliphatic carboxylic acids is 2. The van der Waals surface area contributed by atoms with Gasteiger partial charge >= 0.3 is 11.9 Å². The number of carbonyl (C=O) groups excluding carboxylic acids is 3. The quantitative estimate of drug-likeness (QED) is 0.138. The van der Waals surface area contributed by atoms with Gasteiger partial charge in [-0.3, -0.25) is 19.2 Å². The molecule has 4 unspecified atom stereocenters. The number of hydrogen-bond donors (Lipinski definition) is 8. The van der Waals surface area contributed by atoms with Crippen molar-refractivity contribution in [3.63, 3.8) is 0 Å². The molecule has 13 nitrogen and oxygen atoms in total. The van der Waals surface area contributed by atoms with Gasteiger partial charge in [0.25, 0.3) is 0 Å². The maximum absolute atomic E-state index is 13.0. The van der Waals surface area contributed by atoms with Crippen molar-refractivity contribution in [1.82, 2.24) is 20.9 Å². The number of aromatic amines is 1. The van der Waals surface area contributed by atoms with Gasteiger partial charge in [-0.1, -0.05) is 18.2 Å². The second-order valence-electron chi connectivity index (χ2n) is 8.76. The molecule has 10 N–H and O–H groups in total. The molecule has 0 saturated heterocycles. The van der Waals surface area contributed by atoms with Gasteiger partial charge in [0.2, 0.25) is 17.7 Å². The molecule has 202 valence electrons. The molecule has 13 heteroatoms. The lowest BCUT2D eigenvalue weighted by Gasteiger charge is -2.24. The number of amides is 3. The molecule has 0 fully saturated rings. The molecular formula is C24H34N6O7. The highest BCUT2D eigenvalue weighted by Gasteiger charge is 2.31. The number of H-pyrrole nitrogens is 1. The van der Waals surface area contributed by atoms with Crippen molar-refractivity contribution in [3.8, 4) is 0 Å². The molecular weight excluding hydrogens is 484 g/mol. The summed E-state index contributed by atoms with van der Waals surface area (Å²) < 4.78 is 0. The Morgan fingerprint density at radius 1 is 0.919 bits per heavy atom. The number of hydrogen-bond acceptors (Lipinski definition) is 7. The summed E-state index contributed by atoms with van der Waals surface area (Å²) in [6.45, 7) is 1.80. The zero-order valence-corrected chi connectivity index (χ0v) is 20.5. The van der Waals surface area contributed by atoms with Gasteiger partial charge in [0.05, 0.1) is 12.5 Å². The number of unbranched alkanes of at least 4 members (excludes halogenated alkanes) is 1. The summed E-state index contributed by atoms with van der Waals surface area (Å²) in [6, 6.07) is 2.27. The number of carboxylic acid groups (broad SMARTS) is 2. The van der Waals surface area contributed by atoms with E-state index in [4.69, 9.17) is 11.5 Å². The summed E-state index contributed by atoms with van der Waals surface area (Å²) in [7, 11) is 0. The number of nitrogens with one attached hydrogen (secondary N) is 4. The number of nitrogens with two attached hydrogens (primary N) is 2. The van der Waals surface area contributed by atoms with Crippen LogP contribution in [0.4, 0.5) is 0 Å². The van der Waals surface area contributed by atoms with Crippen molar-refractivity contribution < 1.29 is 34.2 Å². The van der Waals surface area contributed by atoms with Gasteiger partial charge in [0.1, 0.15) is 18.1 Å². The number of fused-ring (bicyclic) bond motifs is 1. The molecule has 1 aromatic carbocycles. The fraction of sp³-hybridized carbons (Fsp3) is 0.458. The van der Waals surface area contributed by atoms with Crippen molar-refractivity contribution in [2.45, 2.75) is 63.2 Å². The van der Waals surface area contributed by atoms with Crippen LogP contribution in [0.15, 0.2) is 30.5 Å². The second-order valence-corrected chi connectivity index (χ2v) is 8.76. The van der Waals surface area contributed by atoms with E-state index < -0.39 is 60.2 Å². The topological polar surface area (TPSA) is 230 Å². The Bertz CT molecular complexity index is 1120. The molecule has 0 saturated carbocycles. The fourth-order valence-corrected chi connectivity index (χ4v) is 3.71. The molecule has 0 spiro atoms. The number of carbonyl (C=O) groups is 5. The first-order valence-electron chi connectivity index (χ1n) is 11.9. The molecule has 3 amide bonds. The average Bonchev–Trinajstić information content (AvgIpc) is 3.24. The summed E-state index contributed by atoms with van der Waals surface area (Å²) in [5.74, 6) is -5.10. The van der Waals surface area contributed by atoms with Crippen LogP contribution >= 0.6 is 0 Å². The van der Waals surface area contributed by atoms with Crippen LogP contribution < -0.4 is 27.4 Å². The van der Waals surface area contributed by atoms with Crippen molar-refractivity contribution >= 4 is 40.6 Å². The lowest BCUT2D eigenvalue weighted by molar-refractivity contribution is -0.143. The standard InChI is InChI=1S/C24H34N6O7/c1-13(26)21(33)28-17(8-4-5-9-25)22(34)29-18(11-20(31)32)23(35)30-19(24(36)37)10-14-12-27-16-7-3-2-6-15(14)16/h2-3,6-7,12-13,17-19,27H,4-5,8-11,25-26H2,1H3,(H,28,33)(H,29,34)(H,30,35)(H,31,32)(H,36,37). The Morgan fingerprint density at radius 3 is 2.16 bits per heavy atom. The van der Waals surface area contributed by atoms with Crippen LogP contribution in [0.25, 0.3) is 10.9 Å². The highest BCUT2D eigenvalue weighted by molar-refractivity contribution is 5.95. The maximum Gasteiger partial charge on any atom is 0.326 e. The smallest absolute Gasteiger partial charge is 0.326 e.